The molecular weight excluding hydrogens is 304 g/mol. The maximum Gasteiger partial charge on any atom is 0.254 e. The number of likely N-dealkylation sites (tertiary alicyclic amines) is 2. The van der Waals surface area contributed by atoms with Gasteiger partial charge in [-0.3, -0.25) is 9.69 Å². The molecule has 1 amide bonds. The minimum absolute atomic E-state index is 0.129. The summed E-state index contributed by atoms with van der Waals surface area (Å²) in [6.07, 6.45) is 5.18. The summed E-state index contributed by atoms with van der Waals surface area (Å²) < 4.78 is 0. The second kappa shape index (κ2) is 5.69. The van der Waals surface area contributed by atoms with Crippen LogP contribution in [-0.4, -0.2) is 70.2 Å². The van der Waals surface area contributed by atoms with E-state index in [2.05, 4.69) is 23.2 Å². The number of nitriles is 1. The fourth-order valence-corrected chi connectivity index (χ4v) is 4.38. The van der Waals surface area contributed by atoms with Gasteiger partial charge >= 0.3 is 0 Å². The zero-order valence-corrected chi connectivity index (χ0v) is 14.5. The van der Waals surface area contributed by atoms with Crippen LogP contribution in [0.5, 0.6) is 0 Å². The van der Waals surface area contributed by atoms with Crippen molar-refractivity contribution in [2.24, 2.45) is 5.92 Å². The Morgan fingerprint density at radius 2 is 1.96 bits per heavy atom. The molecule has 2 aliphatic heterocycles. The van der Waals surface area contributed by atoms with Crippen LogP contribution in [-0.2, 0) is 4.79 Å². The molecule has 4 rings (SSSR count). The third-order valence-corrected chi connectivity index (χ3v) is 6.51. The van der Waals surface area contributed by atoms with Crippen LogP contribution in [0, 0.1) is 17.2 Å². The van der Waals surface area contributed by atoms with Crippen molar-refractivity contribution in [2.45, 2.75) is 68.7 Å². The number of amides is 1. The lowest BCUT2D eigenvalue weighted by molar-refractivity contribution is -0.158. The van der Waals surface area contributed by atoms with Gasteiger partial charge in [0.2, 0.25) is 0 Å². The first kappa shape index (κ1) is 16.3. The van der Waals surface area contributed by atoms with Crippen molar-refractivity contribution >= 4 is 5.91 Å². The topological polar surface area (TPSA) is 79.6 Å². The van der Waals surface area contributed by atoms with Crippen LogP contribution >= 0.6 is 0 Å². The maximum atomic E-state index is 12.3. The number of carbonyl (C=O) groups is 1. The van der Waals surface area contributed by atoms with Crippen molar-refractivity contribution < 1.29 is 9.90 Å². The third-order valence-electron chi connectivity index (χ3n) is 6.51. The first-order valence-corrected chi connectivity index (χ1v) is 9.36. The number of rotatable bonds is 5. The number of piperidine rings is 1. The molecule has 0 aromatic heterocycles. The fraction of sp³-hybridized carbons (Fsp3) is 0.889. The number of hydrogen-bond donors (Lipinski definition) is 2. The van der Waals surface area contributed by atoms with Crippen LogP contribution < -0.4 is 5.32 Å². The Bertz CT molecular complexity index is 554. The zero-order valence-electron chi connectivity index (χ0n) is 14.5. The molecule has 0 aromatic carbocycles. The van der Waals surface area contributed by atoms with E-state index in [0.29, 0.717) is 44.4 Å². The summed E-state index contributed by atoms with van der Waals surface area (Å²) in [5.41, 5.74) is -1.27. The molecule has 4 fully saturated rings. The van der Waals surface area contributed by atoms with Crippen LogP contribution in [0.25, 0.3) is 0 Å². The summed E-state index contributed by atoms with van der Waals surface area (Å²) in [4.78, 5) is 16.4. The third kappa shape index (κ3) is 2.83. The highest BCUT2D eigenvalue weighted by molar-refractivity contribution is 5.88. The first-order valence-electron chi connectivity index (χ1n) is 9.36. The van der Waals surface area contributed by atoms with Crippen molar-refractivity contribution in [3.63, 3.8) is 0 Å². The molecule has 2 heterocycles. The summed E-state index contributed by atoms with van der Waals surface area (Å²) in [7, 11) is 0. The van der Waals surface area contributed by atoms with Gasteiger partial charge in [0.05, 0.1) is 18.0 Å². The minimum atomic E-state index is -1.09. The molecule has 2 saturated heterocycles. The van der Waals surface area contributed by atoms with Gasteiger partial charge in [-0.25, -0.2) is 0 Å². The molecule has 0 unspecified atom stereocenters. The predicted molar refractivity (Wildman–Crippen MR) is 89.0 cm³/mol. The molecular formula is C18H28N4O2. The van der Waals surface area contributed by atoms with Crippen LogP contribution in [0.15, 0.2) is 0 Å². The predicted octanol–water partition coefficient (Wildman–Crippen LogP) is 0.468. The van der Waals surface area contributed by atoms with Crippen molar-refractivity contribution in [1.29, 1.82) is 5.26 Å². The monoisotopic (exact) mass is 332 g/mol. The smallest absolute Gasteiger partial charge is 0.254 e. The van der Waals surface area contributed by atoms with E-state index < -0.39 is 5.60 Å². The standard InChI is InChI=1S/C18H28N4O2/c1-13-10-15(13)20-14-2-8-22(9-3-14)17(6-7-19)11-21(12-17)16(23)18(24)4-5-18/h13-15,20,24H,2-6,8-12H2,1H3/t13-,15-/m1/s1. The number of hydrogen-bond acceptors (Lipinski definition) is 5. The lowest BCUT2D eigenvalue weighted by Gasteiger charge is -2.57. The Kier molecular flexibility index (Phi) is 3.87. The van der Waals surface area contributed by atoms with Crippen LogP contribution in [0.4, 0.5) is 0 Å². The van der Waals surface area contributed by atoms with E-state index >= 15 is 0 Å². The highest BCUT2D eigenvalue weighted by Gasteiger charge is 2.57. The van der Waals surface area contributed by atoms with Gasteiger partial charge < -0.3 is 15.3 Å². The molecule has 2 saturated carbocycles. The largest absolute Gasteiger partial charge is 0.380 e. The quantitative estimate of drug-likeness (QED) is 0.765. The van der Waals surface area contributed by atoms with Crippen molar-refractivity contribution in [2.75, 3.05) is 26.2 Å². The van der Waals surface area contributed by atoms with Crippen molar-refractivity contribution in [1.82, 2.24) is 15.1 Å². The average Bonchev–Trinajstić information content (AvgIpc) is 3.44. The molecule has 4 aliphatic rings. The molecule has 2 N–H and O–H groups in total. The van der Waals surface area contributed by atoms with E-state index in [1.807, 2.05) is 0 Å². The summed E-state index contributed by atoms with van der Waals surface area (Å²) >= 11 is 0. The van der Waals surface area contributed by atoms with Crippen molar-refractivity contribution in [3.05, 3.63) is 0 Å². The summed E-state index contributed by atoms with van der Waals surface area (Å²) in [5, 5.41) is 23.0. The van der Waals surface area contributed by atoms with E-state index in [4.69, 9.17) is 0 Å². The Morgan fingerprint density at radius 3 is 2.46 bits per heavy atom. The van der Waals surface area contributed by atoms with Crippen molar-refractivity contribution in [3.8, 4) is 6.07 Å². The number of carbonyl (C=O) groups excluding carboxylic acids is 1. The minimum Gasteiger partial charge on any atom is -0.380 e. The van der Waals surface area contributed by atoms with Gasteiger partial charge in [0.1, 0.15) is 5.60 Å². The summed E-state index contributed by atoms with van der Waals surface area (Å²) in [6, 6.07) is 3.63. The molecule has 0 bridgehead atoms. The van der Waals surface area contributed by atoms with Gasteiger partial charge in [0.15, 0.2) is 0 Å². The Balaban J connectivity index is 1.32. The van der Waals surface area contributed by atoms with Gasteiger partial charge in [-0.05, 0) is 38.0 Å². The van der Waals surface area contributed by atoms with Gasteiger partial charge in [-0.1, -0.05) is 6.92 Å². The van der Waals surface area contributed by atoms with Gasteiger partial charge in [-0.2, -0.15) is 5.26 Å². The Hall–Kier alpha value is -1.16. The summed E-state index contributed by atoms with van der Waals surface area (Å²) in [6.45, 7) is 5.47. The molecule has 2 atom stereocenters. The van der Waals surface area contributed by atoms with Crippen LogP contribution in [0.2, 0.25) is 0 Å². The van der Waals surface area contributed by atoms with Crippen LogP contribution in [0.3, 0.4) is 0 Å². The molecule has 2 aliphatic carbocycles. The second-order valence-electron chi connectivity index (χ2n) is 8.50. The van der Waals surface area contributed by atoms with E-state index in [0.717, 1.165) is 31.8 Å². The van der Waals surface area contributed by atoms with Gasteiger partial charge in [-0.15, -0.1) is 0 Å². The molecule has 6 nitrogen and oxygen atoms in total. The lowest BCUT2D eigenvalue weighted by atomic mass is 9.82. The molecule has 0 spiro atoms. The maximum absolute atomic E-state index is 12.3. The van der Waals surface area contributed by atoms with Gasteiger partial charge in [0, 0.05) is 38.3 Å². The van der Waals surface area contributed by atoms with Gasteiger partial charge in [0.25, 0.3) is 5.91 Å². The molecule has 0 aromatic rings. The van der Waals surface area contributed by atoms with E-state index in [1.54, 1.807) is 4.90 Å². The highest BCUT2D eigenvalue weighted by Crippen LogP contribution is 2.41. The molecule has 0 radical (unpaired) electrons. The molecule has 24 heavy (non-hydrogen) atoms. The number of aliphatic hydroxyl groups is 1. The zero-order chi connectivity index (χ0) is 16.9. The number of nitrogens with one attached hydrogen (secondary N) is 1. The molecule has 132 valence electrons. The Morgan fingerprint density at radius 1 is 1.33 bits per heavy atom. The average molecular weight is 332 g/mol. The normalized spacial score (nSPS) is 34.3. The number of nitrogens with zero attached hydrogens (tertiary/aromatic N) is 3. The summed E-state index contributed by atoms with van der Waals surface area (Å²) in [5.74, 6) is 0.697. The fourth-order valence-electron chi connectivity index (χ4n) is 4.38. The molecule has 6 heteroatoms. The van der Waals surface area contributed by atoms with E-state index in [1.165, 1.54) is 6.42 Å². The van der Waals surface area contributed by atoms with E-state index in [-0.39, 0.29) is 11.4 Å². The van der Waals surface area contributed by atoms with Crippen LogP contribution in [0.1, 0.15) is 45.4 Å². The second-order valence-corrected chi connectivity index (χ2v) is 8.50. The SMILES string of the molecule is C[C@@H]1C[C@H]1NC1CCN(C2(CC#N)CN(C(=O)C3(O)CC3)C2)CC1. The van der Waals surface area contributed by atoms with E-state index in [9.17, 15) is 15.2 Å². The Labute approximate surface area is 143 Å². The highest BCUT2D eigenvalue weighted by atomic mass is 16.3. The first-order chi connectivity index (χ1) is 11.5. The lowest BCUT2D eigenvalue weighted by Crippen LogP contribution is -2.73.